The van der Waals surface area contributed by atoms with Crippen LogP contribution in [-0.2, 0) is 24.4 Å². The second-order valence-corrected chi connectivity index (χ2v) is 10.8. The average molecular weight is 493 g/mol. The Morgan fingerprint density at radius 1 is 1.26 bits per heavy atom. The van der Waals surface area contributed by atoms with Crippen molar-refractivity contribution in [2.24, 2.45) is 5.92 Å². The van der Waals surface area contributed by atoms with E-state index < -0.39 is 0 Å². The van der Waals surface area contributed by atoms with Crippen LogP contribution in [0.5, 0.6) is 0 Å². The van der Waals surface area contributed by atoms with Crippen LogP contribution in [0, 0.1) is 12.8 Å². The Bertz CT molecular complexity index is 1320. The molecule has 0 bridgehead atoms. The van der Waals surface area contributed by atoms with E-state index in [1.54, 1.807) is 11.3 Å². The van der Waals surface area contributed by atoms with Gasteiger partial charge in [-0.15, -0.1) is 16.4 Å². The molecule has 0 aliphatic carbocycles. The number of aromatic nitrogens is 5. The van der Waals surface area contributed by atoms with Crippen molar-refractivity contribution in [3.63, 3.8) is 0 Å². The van der Waals surface area contributed by atoms with Gasteiger partial charge in [0.2, 0.25) is 0 Å². The third-order valence-electron chi connectivity index (χ3n) is 6.64. The maximum atomic E-state index is 13.1. The first-order valence-electron chi connectivity index (χ1n) is 12.2. The molecule has 8 nitrogen and oxygen atoms in total. The van der Waals surface area contributed by atoms with Crippen LogP contribution in [0.1, 0.15) is 54.6 Å². The Morgan fingerprint density at radius 3 is 2.89 bits per heavy atom. The number of thiophene rings is 1. The highest BCUT2D eigenvalue weighted by Gasteiger charge is 2.31. The van der Waals surface area contributed by atoms with Gasteiger partial charge in [0.1, 0.15) is 0 Å². The maximum Gasteiger partial charge on any atom is 0.252 e. The number of ether oxygens (including phenoxy) is 1. The zero-order valence-electron chi connectivity index (χ0n) is 20.5. The summed E-state index contributed by atoms with van der Waals surface area (Å²) in [7, 11) is 0. The lowest BCUT2D eigenvalue weighted by atomic mass is 10.00. The van der Waals surface area contributed by atoms with Crippen LogP contribution >= 0.6 is 11.3 Å². The van der Waals surface area contributed by atoms with E-state index in [0.29, 0.717) is 19.6 Å². The molecule has 35 heavy (non-hydrogen) atoms. The minimum Gasteiger partial charge on any atom is -0.376 e. The summed E-state index contributed by atoms with van der Waals surface area (Å²) < 4.78 is 7.75. The first-order chi connectivity index (χ1) is 17.0. The van der Waals surface area contributed by atoms with Gasteiger partial charge in [-0.1, -0.05) is 31.5 Å². The molecule has 9 heteroatoms. The van der Waals surface area contributed by atoms with Gasteiger partial charge in [0.25, 0.3) is 5.56 Å². The number of rotatable bonds is 9. The lowest BCUT2D eigenvalue weighted by molar-refractivity contribution is 0.0853. The van der Waals surface area contributed by atoms with E-state index >= 15 is 0 Å². The molecule has 3 aromatic heterocycles. The summed E-state index contributed by atoms with van der Waals surface area (Å²) in [5.41, 5.74) is 2.71. The molecule has 4 heterocycles. The predicted octanol–water partition coefficient (Wildman–Crippen LogP) is 4.46. The number of tetrazole rings is 1. The number of H-pyrrole nitrogens is 1. The fraction of sp³-hybridized carbons (Fsp3) is 0.462. The highest BCUT2D eigenvalue weighted by molar-refractivity contribution is 7.09. The fourth-order valence-electron chi connectivity index (χ4n) is 4.98. The number of nitrogens with zero attached hydrogens (tertiary/aromatic N) is 5. The van der Waals surface area contributed by atoms with Gasteiger partial charge in [0.05, 0.1) is 18.7 Å². The number of nitrogens with one attached hydrogen (secondary N) is 1. The number of fused-ring (bicyclic) bond motifs is 1. The van der Waals surface area contributed by atoms with Crippen LogP contribution < -0.4 is 5.56 Å². The minimum absolute atomic E-state index is 0.0565. The van der Waals surface area contributed by atoms with E-state index in [4.69, 9.17) is 4.74 Å². The van der Waals surface area contributed by atoms with E-state index in [0.717, 1.165) is 41.7 Å². The molecule has 0 spiro atoms. The Kier molecular flexibility index (Phi) is 7.08. The van der Waals surface area contributed by atoms with Crippen molar-refractivity contribution >= 4 is 22.2 Å². The van der Waals surface area contributed by atoms with Crippen LogP contribution in [0.2, 0.25) is 0 Å². The third-order valence-corrected chi connectivity index (χ3v) is 7.50. The Labute approximate surface area is 208 Å². The molecule has 184 valence electrons. The first-order valence-corrected chi connectivity index (χ1v) is 13.1. The number of aryl methyl sites for hydroxylation is 1. The van der Waals surface area contributed by atoms with E-state index in [2.05, 4.69) is 69.8 Å². The average Bonchev–Trinajstić information content (AvgIpc) is 3.59. The second kappa shape index (κ2) is 10.4. The van der Waals surface area contributed by atoms with Crippen molar-refractivity contribution in [1.82, 2.24) is 30.1 Å². The largest absolute Gasteiger partial charge is 0.376 e. The Morgan fingerprint density at radius 2 is 2.14 bits per heavy atom. The highest BCUT2D eigenvalue weighted by Crippen LogP contribution is 2.31. The molecule has 1 saturated heterocycles. The lowest BCUT2D eigenvalue weighted by Gasteiger charge is -2.33. The quantitative estimate of drug-likeness (QED) is 0.371. The summed E-state index contributed by atoms with van der Waals surface area (Å²) in [6.45, 7) is 9.08. The van der Waals surface area contributed by atoms with Gasteiger partial charge in [-0.2, -0.15) is 0 Å². The number of hydrogen-bond donors (Lipinski definition) is 1. The van der Waals surface area contributed by atoms with Crippen molar-refractivity contribution in [3.8, 4) is 0 Å². The zero-order chi connectivity index (χ0) is 24.4. The van der Waals surface area contributed by atoms with Gasteiger partial charge < -0.3 is 9.72 Å². The van der Waals surface area contributed by atoms with Crippen molar-refractivity contribution in [2.45, 2.75) is 65.4 Å². The minimum atomic E-state index is -0.0684. The van der Waals surface area contributed by atoms with Crippen molar-refractivity contribution in [2.75, 3.05) is 6.61 Å². The molecular weight excluding hydrogens is 460 g/mol. The molecule has 1 aromatic carbocycles. The summed E-state index contributed by atoms with van der Waals surface area (Å²) in [5.74, 6) is 1.05. The second-order valence-electron chi connectivity index (χ2n) is 9.74. The van der Waals surface area contributed by atoms with Crippen LogP contribution in [0.4, 0.5) is 0 Å². The van der Waals surface area contributed by atoms with Gasteiger partial charge in [0, 0.05) is 35.7 Å². The van der Waals surface area contributed by atoms with Gasteiger partial charge in [-0.05, 0) is 71.1 Å². The highest BCUT2D eigenvalue weighted by atomic mass is 32.1. The van der Waals surface area contributed by atoms with Crippen molar-refractivity contribution in [1.29, 1.82) is 0 Å². The number of hydrogen-bond acceptors (Lipinski definition) is 7. The van der Waals surface area contributed by atoms with E-state index in [1.165, 1.54) is 10.4 Å². The number of benzene rings is 1. The van der Waals surface area contributed by atoms with Crippen LogP contribution in [0.25, 0.3) is 10.9 Å². The van der Waals surface area contributed by atoms with Gasteiger partial charge >= 0.3 is 0 Å². The Balaban J connectivity index is 1.52. The maximum absolute atomic E-state index is 13.1. The lowest BCUT2D eigenvalue weighted by Crippen LogP contribution is -2.35. The standard InChI is InChI=1S/C26H32N6O2S/c1-17(2)24(25-28-29-30-32(25)15-21-6-4-10-34-21)31(16-22-7-5-11-35-22)14-20-13-19-12-18(3)8-9-23(19)27-26(20)33/h5,7-9,11-13,17,21,24H,4,6,10,14-16H2,1-3H3,(H,27,33)/t21-,24+/m1/s1. The van der Waals surface area contributed by atoms with Crippen molar-refractivity contribution < 1.29 is 4.74 Å². The van der Waals surface area contributed by atoms with Gasteiger partial charge in [0.15, 0.2) is 5.82 Å². The summed E-state index contributed by atoms with van der Waals surface area (Å²) in [6, 6.07) is 12.3. The van der Waals surface area contributed by atoms with Crippen LogP contribution in [0.15, 0.2) is 46.6 Å². The fourth-order valence-corrected chi connectivity index (χ4v) is 5.71. The molecule has 0 saturated carbocycles. The monoisotopic (exact) mass is 492 g/mol. The molecule has 4 aromatic rings. The topological polar surface area (TPSA) is 88.9 Å². The van der Waals surface area contributed by atoms with Crippen LogP contribution in [-0.4, -0.2) is 42.8 Å². The van der Waals surface area contributed by atoms with Crippen LogP contribution in [0.3, 0.4) is 0 Å². The summed E-state index contributed by atoms with van der Waals surface area (Å²) in [5, 5.41) is 16.0. The summed E-state index contributed by atoms with van der Waals surface area (Å²) >= 11 is 1.72. The molecule has 1 N–H and O–H groups in total. The molecule has 1 aliphatic heterocycles. The smallest absolute Gasteiger partial charge is 0.252 e. The first kappa shape index (κ1) is 23.8. The molecule has 1 fully saturated rings. The van der Waals surface area contributed by atoms with E-state index in [1.807, 2.05) is 22.9 Å². The van der Waals surface area contributed by atoms with E-state index in [-0.39, 0.29) is 23.6 Å². The van der Waals surface area contributed by atoms with E-state index in [9.17, 15) is 4.79 Å². The molecule has 1 aliphatic rings. The van der Waals surface area contributed by atoms with Gasteiger partial charge in [-0.25, -0.2) is 4.68 Å². The SMILES string of the molecule is Cc1ccc2[nH]c(=O)c(CN(Cc3cccs3)[C@H](c3nnnn3C[C@H]3CCCO3)C(C)C)cc2c1. The molecule has 0 radical (unpaired) electrons. The molecule has 2 atom stereocenters. The summed E-state index contributed by atoms with van der Waals surface area (Å²) in [4.78, 5) is 19.7. The third kappa shape index (κ3) is 5.37. The number of aromatic amines is 1. The summed E-state index contributed by atoms with van der Waals surface area (Å²) in [6.07, 6.45) is 2.24. The van der Waals surface area contributed by atoms with Crippen molar-refractivity contribution in [3.05, 3.63) is 74.0 Å². The molecular formula is C26H32N6O2S. The Hall–Kier alpha value is -2.88. The zero-order valence-corrected chi connectivity index (χ0v) is 21.3. The molecule has 5 rings (SSSR count). The van der Waals surface area contributed by atoms with Gasteiger partial charge in [-0.3, -0.25) is 9.69 Å². The molecule has 0 unspecified atom stereocenters. The normalized spacial score (nSPS) is 17.1. The predicted molar refractivity (Wildman–Crippen MR) is 137 cm³/mol. The number of pyridine rings is 1. The molecule has 0 amide bonds.